The van der Waals surface area contributed by atoms with E-state index in [-0.39, 0.29) is 11.5 Å². The van der Waals surface area contributed by atoms with E-state index in [0.29, 0.717) is 5.41 Å². The highest BCUT2D eigenvalue weighted by Gasteiger charge is 2.58. The number of aliphatic hydroxyl groups excluding tert-OH is 1. The molecule has 4 aliphatic rings. The van der Waals surface area contributed by atoms with Crippen LogP contribution < -0.4 is 0 Å². The maximum atomic E-state index is 10.1. The van der Waals surface area contributed by atoms with Gasteiger partial charge in [0.05, 0.1) is 6.10 Å². The maximum absolute atomic E-state index is 10.1. The molecule has 0 heterocycles. The van der Waals surface area contributed by atoms with Crippen LogP contribution in [0.4, 0.5) is 0 Å². The second kappa shape index (κ2) is 7.60. The van der Waals surface area contributed by atoms with Crippen LogP contribution in [0.25, 0.3) is 0 Å². The van der Waals surface area contributed by atoms with E-state index in [1.54, 1.807) is 0 Å². The molecule has 3 saturated carbocycles. The molecule has 0 spiro atoms. The van der Waals surface area contributed by atoms with E-state index in [0.717, 1.165) is 35.5 Å². The highest BCUT2D eigenvalue weighted by Crippen LogP contribution is 2.67. The minimum Gasteiger partial charge on any atom is -0.385 e. The lowest BCUT2D eigenvalue weighted by Crippen LogP contribution is -2.50. The molecule has 0 saturated heterocycles. The molecule has 158 valence electrons. The molecule has 1 N–H and O–H groups in total. The Balaban J connectivity index is 1.49. The number of hydrogen-bond donors (Lipinski definition) is 1. The number of hydrogen-bond acceptors (Lipinski definition) is 1. The van der Waals surface area contributed by atoms with Crippen LogP contribution in [0.3, 0.4) is 0 Å². The maximum Gasteiger partial charge on any atom is 0.0905 e. The average Bonchev–Trinajstić information content (AvgIpc) is 2.99. The van der Waals surface area contributed by atoms with Crippen LogP contribution >= 0.6 is 0 Å². The summed E-state index contributed by atoms with van der Waals surface area (Å²) in [6, 6.07) is 0. The first kappa shape index (κ1) is 20.7. The molecule has 3 fully saturated rings. The first-order valence-electron chi connectivity index (χ1n) is 12.3. The summed E-state index contributed by atoms with van der Waals surface area (Å²) in [7, 11) is 0. The molecular formula is C27H44O. The van der Waals surface area contributed by atoms with Gasteiger partial charge in [0.25, 0.3) is 0 Å². The van der Waals surface area contributed by atoms with Crippen LogP contribution in [0.2, 0.25) is 0 Å². The van der Waals surface area contributed by atoms with E-state index < -0.39 is 0 Å². The molecular weight excluding hydrogens is 340 g/mol. The Bertz CT molecular complexity index is 630. The van der Waals surface area contributed by atoms with Crippen molar-refractivity contribution in [2.45, 2.75) is 98.5 Å². The van der Waals surface area contributed by atoms with Crippen molar-refractivity contribution in [1.29, 1.82) is 0 Å². The van der Waals surface area contributed by atoms with Gasteiger partial charge >= 0.3 is 0 Å². The van der Waals surface area contributed by atoms with E-state index in [9.17, 15) is 5.11 Å². The summed E-state index contributed by atoms with van der Waals surface area (Å²) >= 11 is 0. The zero-order chi connectivity index (χ0) is 20.1. The molecule has 0 bridgehead atoms. The Labute approximate surface area is 174 Å². The van der Waals surface area contributed by atoms with Crippen molar-refractivity contribution in [2.24, 2.45) is 46.3 Å². The van der Waals surface area contributed by atoms with Crippen LogP contribution in [-0.2, 0) is 0 Å². The van der Waals surface area contributed by atoms with Crippen LogP contribution in [0.15, 0.2) is 23.8 Å². The highest BCUT2D eigenvalue weighted by atomic mass is 16.3. The average molecular weight is 385 g/mol. The standard InChI is InChI=1S/C27H44O/c1-18(2)7-6-8-19(3)23-11-12-24-22-10-9-20-17-21(28)13-15-26(20,4)25(22)14-16-27(23,24)5/h13,15,17-19,21-25,28H,6-12,14,16H2,1-5H3/t19?,21?,22-,23?,24?,25?,26-,27+/m0/s1. The van der Waals surface area contributed by atoms with E-state index in [1.807, 2.05) is 6.08 Å². The van der Waals surface area contributed by atoms with Gasteiger partial charge in [-0.25, -0.2) is 0 Å². The molecule has 5 unspecified atom stereocenters. The minimum atomic E-state index is -0.351. The van der Waals surface area contributed by atoms with Crippen molar-refractivity contribution in [3.8, 4) is 0 Å². The van der Waals surface area contributed by atoms with Crippen LogP contribution in [0, 0.1) is 46.3 Å². The van der Waals surface area contributed by atoms with Crippen molar-refractivity contribution in [3.05, 3.63) is 23.8 Å². The molecule has 0 aliphatic heterocycles. The number of rotatable bonds is 5. The summed E-state index contributed by atoms with van der Waals surface area (Å²) in [6.45, 7) is 12.5. The number of fused-ring (bicyclic) bond motifs is 5. The first-order valence-corrected chi connectivity index (χ1v) is 12.3. The van der Waals surface area contributed by atoms with Crippen molar-refractivity contribution in [3.63, 3.8) is 0 Å². The molecule has 28 heavy (non-hydrogen) atoms. The molecule has 0 aromatic heterocycles. The van der Waals surface area contributed by atoms with E-state index >= 15 is 0 Å². The summed E-state index contributed by atoms with van der Waals surface area (Å²) in [6.07, 6.45) is 18.8. The van der Waals surface area contributed by atoms with Gasteiger partial charge in [-0.1, -0.05) is 77.7 Å². The fourth-order valence-corrected chi connectivity index (χ4v) is 8.34. The summed E-state index contributed by atoms with van der Waals surface area (Å²) in [5, 5.41) is 10.1. The van der Waals surface area contributed by atoms with Crippen LogP contribution in [-0.4, -0.2) is 11.2 Å². The summed E-state index contributed by atoms with van der Waals surface area (Å²) in [5.41, 5.74) is 2.32. The van der Waals surface area contributed by atoms with Gasteiger partial charge in [-0.15, -0.1) is 0 Å². The van der Waals surface area contributed by atoms with Gasteiger partial charge in [-0.2, -0.15) is 0 Å². The Hall–Kier alpha value is -0.560. The lowest BCUT2D eigenvalue weighted by Gasteiger charge is -2.57. The van der Waals surface area contributed by atoms with Crippen molar-refractivity contribution in [1.82, 2.24) is 0 Å². The Morgan fingerprint density at radius 1 is 1.04 bits per heavy atom. The predicted octanol–water partition coefficient (Wildman–Crippen LogP) is 7.16. The molecule has 1 nitrogen and oxygen atoms in total. The van der Waals surface area contributed by atoms with E-state index in [4.69, 9.17) is 0 Å². The molecule has 0 amide bonds. The van der Waals surface area contributed by atoms with Crippen LogP contribution in [0.5, 0.6) is 0 Å². The van der Waals surface area contributed by atoms with E-state index in [2.05, 4.69) is 46.8 Å². The SMILES string of the molecule is CC(C)CCCC(C)C1CCC2[C@@H]3CCC4=CC(O)C=C[C@]4(C)C3CC[C@]12C. The number of allylic oxidation sites excluding steroid dienone is 2. The topological polar surface area (TPSA) is 20.2 Å². The van der Waals surface area contributed by atoms with E-state index in [1.165, 1.54) is 63.4 Å². The first-order chi connectivity index (χ1) is 13.3. The summed E-state index contributed by atoms with van der Waals surface area (Å²) in [4.78, 5) is 0. The summed E-state index contributed by atoms with van der Waals surface area (Å²) < 4.78 is 0. The normalized spacial score (nSPS) is 46.0. The molecule has 8 atom stereocenters. The fraction of sp³-hybridized carbons (Fsp3) is 0.852. The molecule has 4 rings (SSSR count). The molecule has 0 aromatic carbocycles. The third kappa shape index (κ3) is 3.34. The smallest absolute Gasteiger partial charge is 0.0905 e. The zero-order valence-corrected chi connectivity index (χ0v) is 19.1. The van der Waals surface area contributed by atoms with Gasteiger partial charge in [0.1, 0.15) is 0 Å². The van der Waals surface area contributed by atoms with Gasteiger partial charge < -0.3 is 5.11 Å². The van der Waals surface area contributed by atoms with Gasteiger partial charge in [0.2, 0.25) is 0 Å². The highest BCUT2D eigenvalue weighted by molar-refractivity contribution is 5.33. The van der Waals surface area contributed by atoms with Crippen molar-refractivity contribution >= 4 is 0 Å². The second-order valence-electron chi connectivity index (χ2n) is 11.8. The summed E-state index contributed by atoms with van der Waals surface area (Å²) in [5.74, 6) is 5.31. The van der Waals surface area contributed by atoms with Gasteiger partial charge in [0, 0.05) is 5.41 Å². The zero-order valence-electron chi connectivity index (χ0n) is 19.1. The van der Waals surface area contributed by atoms with Crippen LogP contribution in [0.1, 0.15) is 92.4 Å². The van der Waals surface area contributed by atoms with Gasteiger partial charge in [0.15, 0.2) is 0 Å². The second-order valence-corrected chi connectivity index (χ2v) is 11.8. The van der Waals surface area contributed by atoms with Crippen molar-refractivity contribution < 1.29 is 5.11 Å². The number of aliphatic hydroxyl groups is 1. The monoisotopic (exact) mass is 384 g/mol. The molecule has 4 aliphatic carbocycles. The lowest BCUT2D eigenvalue weighted by atomic mass is 9.47. The van der Waals surface area contributed by atoms with Gasteiger partial charge in [-0.05, 0) is 79.4 Å². The van der Waals surface area contributed by atoms with Gasteiger partial charge in [-0.3, -0.25) is 0 Å². The molecule has 0 radical (unpaired) electrons. The third-order valence-corrected chi connectivity index (χ3v) is 9.86. The lowest BCUT2D eigenvalue weighted by molar-refractivity contribution is -0.0443. The Morgan fingerprint density at radius 3 is 2.57 bits per heavy atom. The molecule has 1 heteroatoms. The largest absolute Gasteiger partial charge is 0.385 e. The third-order valence-electron chi connectivity index (χ3n) is 9.86. The van der Waals surface area contributed by atoms with Crippen molar-refractivity contribution in [2.75, 3.05) is 0 Å². The quantitative estimate of drug-likeness (QED) is 0.498. The molecule has 0 aromatic rings. The Morgan fingerprint density at radius 2 is 1.82 bits per heavy atom. The predicted molar refractivity (Wildman–Crippen MR) is 119 cm³/mol. The Kier molecular flexibility index (Phi) is 5.62. The minimum absolute atomic E-state index is 0.213. The fourth-order valence-electron chi connectivity index (χ4n) is 8.34.